The van der Waals surface area contributed by atoms with Crippen molar-refractivity contribution in [3.05, 3.63) is 76.8 Å². The Morgan fingerprint density at radius 2 is 1.54 bits per heavy atom. The summed E-state index contributed by atoms with van der Waals surface area (Å²) in [5.74, 6) is 0. The monoisotopic (exact) mass is 421 g/mol. The highest BCUT2D eigenvalue weighted by Crippen LogP contribution is 2.30. The average Bonchev–Trinajstić information content (AvgIpc) is 2.62. The molecule has 1 unspecified atom stereocenters. The van der Waals surface area contributed by atoms with Crippen molar-refractivity contribution in [1.29, 1.82) is 0 Å². The van der Waals surface area contributed by atoms with Crippen molar-refractivity contribution in [3.63, 3.8) is 0 Å². The lowest BCUT2D eigenvalue weighted by atomic mass is 10.00. The summed E-state index contributed by atoms with van der Waals surface area (Å²) in [7, 11) is -0.128. The Hall–Kier alpha value is -1.96. The van der Waals surface area contributed by atoms with Gasteiger partial charge in [0.2, 0.25) is 0 Å². The first kappa shape index (κ1) is 22.3. The summed E-state index contributed by atoms with van der Waals surface area (Å²) in [6.07, 6.45) is -0.493. The molecule has 5 nitrogen and oxygen atoms in total. The highest BCUT2D eigenvalue weighted by Gasteiger charge is 2.13. The molecule has 0 saturated carbocycles. The third-order valence-corrected chi connectivity index (χ3v) is 5.32. The van der Waals surface area contributed by atoms with E-state index in [2.05, 4.69) is 0 Å². The molecule has 0 saturated heterocycles. The molecular weight excluding hydrogens is 398 g/mol. The highest BCUT2D eigenvalue weighted by molar-refractivity contribution is 7.85. The van der Waals surface area contributed by atoms with Crippen LogP contribution in [0, 0.1) is 6.92 Å². The van der Waals surface area contributed by atoms with Gasteiger partial charge in [-0.05, 0) is 50.2 Å². The van der Waals surface area contributed by atoms with Gasteiger partial charge in [-0.3, -0.25) is 4.55 Å². The second-order valence-electron chi connectivity index (χ2n) is 6.75. The summed E-state index contributed by atoms with van der Waals surface area (Å²) in [4.78, 5) is 1.90. The van der Waals surface area contributed by atoms with Crippen LogP contribution in [-0.4, -0.2) is 43.6 Å². The number of aliphatic hydroxyl groups is 1. The maximum absolute atomic E-state index is 10.5. The standard InChI is InChI=1S/C14H16ClNO.C7H8O3S/c1-16(2)9-14(17)12-7-8-13(15)11-6-4-3-5-10(11)12;1-6-2-4-7(5-3-6)11(8,9)10/h3-8,14,17H,9H2,1-2H3;2-5H,1H3,(H,8,9,10). The number of aryl methyl sites for hydroxylation is 1. The van der Waals surface area contributed by atoms with Crippen LogP contribution in [-0.2, 0) is 10.1 Å². The average molecular weight is 422 g/mol. The van der Waals surface area contributed by atoms with Crippen molar-refractivity contribution < 1.29 is 18.1 Å². The molecule has 0 aromatic heterocycles. The van der Waals surface area contributed by atoms with Gasteiger partial charge in [0.15, 0.2) is 0 Å². The molecule has 2 N–H and O–H groups in total. The largest absolute Gasteiger partial charge is 0.387 e. The van der Waals surface area contributed by atoms with Crippen molar-refractivity contribution in [2.75, 3.05) is 20.6 Å². The van der Waals surface area contributed by atoms with Crippen LogP contribution >= 0.6 is 11.6 Å². The van der Waals surface area contributed by atoms with Crippen LogP contribution in [0.25, 0.3) is 10.8 Å². The van der Waals surface area contributed by atoms with Crippen LogP contribution in [0.15, 0.2) is 65.6 Å². The molecule has 0 radical (unpaired) electrons. The van der Waals surface area contributed by atoms with Gasteiger partial charge in [0, 0.05) is 17.0 Å². The summed E-state index contributed by atoms with van der Waals surface area (Å²) in [6, 6.07) is 17.6. The third-order valence-electron chi connectivity index (χ3n) is 4.12. The van der Waals surface area contributed by atoms with Gasteiger partial charge in [-0.1, -0.05) is 59.6 Å². The van der Waals surface area contributed by atoms with Gasteiger partial charge in [-0.15, -0.1) is 0 Å². The molecule has 150 valence electrons. The van der Waals surface area contributed by atoms with Crippen LogP contribution in [0.4, 0.5) is 0 Å². The maximum Gasteiger partial charge on any atom is 0.294 e. The summed E-state index contributed by atoms with van der Waals surface area (Å²) in [5.41, 5.74) is 1.89. The van der Waals surface area contributed by atoms with Crippen molar-refractivity contribution in [2.45, 2.75) is 17.9 Å². The minimum Gasteiger partial charge on any atom is -0.387 e. The number of fused-ring (bicyclic) bond motifs is 1. The molecule has 7 heteroatoms. The molecule has 0 aliphatic carbocycles. The van der Waals surface area contributed by atoms with Crippen molar-refractivity contribution in [2.24, 2.45) is 0 Å². The van der Waals surface area contributed by atoms with Gasteiger partial charge in [0.1, 0.15) is 0 Å². The summed E-state index contributed by atoms with van der Waals surface area (Å²) < 4.78 is 29.6. The number of rotatable bonds is 4. The summed E-state index contributed by atoms with van der Waals surface area (Å²) in [5, 5.41) is 12.9. The zero-order chi connectivity index (χ0) is 20.9. The number of hydrogen-bond acceptors (Lipinski definition) is 4. The summed E-state index contributed by atoms with van der Waals surface area (Å²) >= 11 is 6.15. The maximum atomic E-state index is 10.5. The number of benzene rings is 3. The van der Waals surface area contributed by atoms with Gasteiger partial charge in [0.05, 0.1) is 11.0 Å². The normalized spacial score (nSPS) is 12.5. The Kier molecular flexibility index (Phi) is 7.57. The van der Waals surface area contributed by atoms with Crippen LogP contribution in [0.1, 0.15) is 17.2 Å². The van der Waals surface area contributed by atoms with E-state index in [1.807, 2.05) is 62.3 Å². The van der Waals surface area contributed by atoms with E-state index in [4.69, 9.17) is 16.2 Å². The number of halogens is 1. The van der Waals surface area contributed by atoms with Gasteiger partial charge in [-0.25, -0.2) is 0 Å². The van der Waals surface area contributed by atoms with E-state index in [1.165, 1.54) is 12.1 Å². The van der Waals surface area contributed by atoms with E-state index in [0.717, 1.165) is 26.9 Å². The first-order valence-corrected chi connectivity index (χ1v) is 10.5. The van der Waals surface area contributed by atoms with Crippen LogP contribution in [0.2, 0.25) is 5.02 Å². The minimum atomic E-state index is -4.02. The lowest BCUT2D eigenvalue weighted by molar-refractivity contribution is 0.140. The van der Waals surface area contributed by atoms with Crippen molar-refractivity contribution in [1.82, 2.24) is 4.90 Å². The molecule has 0 heterocycles. The minimum absolute atomic E-state index is 0.0666. The molecule has 0 aliphatic rings. The van der Waals surface area contributed by atoms with Crippen LogP contribution in [0.3, 0.4) is 0 Å². The zero-order valence-electron chi connectivity index (χ0n) is 16.0. The highest BCUT2D eigenvalue weighted by atomic mass is 35.5. The van der Waals surface area contributed by atoms with Gasteiger partial charge in [0.25, 0.3) is 10.1 Å². The number of aliphatic hydroxyl groups excluding tert-OH is 1. The Labute approximate surface area is 170 Å². The number of hydrogen-bond donors (Lipinski definition) is 2. The van der Waals surface area contributed by atoms with Crippen LogP contribution < -0.4 is 0 Å². The van der Waals surface area contributed by atoms with Gasteiger partial charge >= 0.3 is 0 Å². The van der Waals surface area contributed by atoms with Gasteiger partial charge < -0.3 is 10.0 Å². The second-order valence-corrected chi connectivity index (χ2v) is 8.58. The second kappa shape index (κ2) is 9.49. The lowest BCUT2D eigenvalue weighted by Crippen LogP contribution is -2.20. The first-order chi connectivity index (χ1) is 13.1. The Balaban J connectivity index is 0.000000221. The lowest BCUT2D eigenvalue weighted by Gasteiger charge is -2.18. The van der Waals surface area contributed by atoms with Crippen molar-refractivity contribution in [3.8, 4) is 0 Å². The van der Waals surface area contributed by atoms with E-state index < -0.39 is 16.2 Å². The van der Waals surface area contributed by atoms with E-state index in [9.17, 15) is 13.5 Å². The summed E-state index contributed by atoms with van der Waals surface area (Å²) in [6.45, 7) is 2.44. The predicted molar refractivity (Wildman–Crippen MR) is 113 cm³/mol. The van der Waals surface area contributed by atoms with E-state index in [0.29, 0.717) is 6.54 Å². The topological polar surface area (TPSA) is 77.8 Å². The molecule has 0 aliphatic heterocycles. The Morgan fingerprint density at radius 1 is 0.964 bits per heavy atom. The third kappa shape index (κ3) is 6.02. The molecule has 28 heavy (non-hydrogen) atoms. The van der Waals surface area contributed by atoms with E-state index in [-0.39, 0.29) is 4.90 Å². The van der Waals surface area contributed by atoms with E-state index >= 15 is 0 Å². The molecule has 3 aromatic carbocycles. The first-order valence-electron chi connectivity index (χ1n) is 8.63. The quantitative estimate of drug-likeness (QED) is 0.613. The molecule has 0 bridgehead atoms. The predicted octanol–water partition coefficient (Wildman–Crippen LogP) is 4.33. The molecule has 0 amide bonds. The molecular formula is C21H24ClNO4S. The zero-order valence-corrected chi connectivity index (χ0v) is 17.6. The van der Waals surface area contributed by atoms with E-state index in [1.54, 1.807) is 12.1 Å². The SMILES string of the molecule is CN(C)CC(O)c1ccc(Cl)c2ccccc12.Cc1ccc(S(=O)(=O)O)cc1. The molecule has 0 spiro atoms. The smallest absolute Gasteiger partial charge is 0.294 e. The number of likely N-dealkylation sites (N-methyl/N-ethyl adjacent to an activating group) is 1. The Bertz CT molecular complexity index is 1030. The molecule has 3 aromatic rings. The fourth-order valence-corrected chi connectivity index (χ4v) is 3.44. The molecule has 0 fully saturated rings. The van der Waals surface area contributed by atoms with Gasteiger partial charge in [-0.2, -0.15) is 8.42 Å². The molecule has 3 rings (SSSR count). The fraction of sp³-hybridized carbons (Fsp3) is 0.238. The van der Waals surface area contributed by atoms with Crippen molar-refractivity contribution >= 4 is 32.5 Å². The van der Waals surface area contributed by atoms with Crippen LogP contribution in [0.5, 0.6) is 0 Å². The Morgan fingerprint density at radius 3 is 2.07 bits per heavy atom. The molecule has 1 atom stereocenters. The number of nitrogens with zero attached hydrogens (tertiary/aromatic N) is 1. The fourth-order valence-electron chi connectivity index (χ4n) is 2.73.